The van der Waals surface area contributed by atoms with Gasteiger partial charge in [-0.15, -0.1) is 0 Å². The Labute approximate surface area is 153 Å². The van der Waals surface area contributed by atoms with Crippen molar-refractivity contribution in [3.8, 4) is 5.75 Å². The molecule has 1 saturated heterocycles. The number of amides is 2. The van der Waals surface area contributed by atoms with Crippen LogP contribution in [0.1, 0.15) is 6.42 Å². The van der Waals surface area contributed by atoms with Crippen molar-refractivity contribution in [2.45, 2.75) is 12.5 Å². The highest BCUT2D eigenvalue weighted by molar-refractivity contribution is 7.91. The molecule has 1 unspecified atom stereocenters. The number of nitrogens with zero attached hydrogens (tertiary/aromatic N) is 2. The minimum atomic E-state index is -3.09. The summed E-state index contributed by atoms with van der Waals surface area (Å²) in [4.78, 5) is 16.3. The van der Waals surface area contributed by atoms with Gasteiger partial charge in [0.1, 0.15) is 5.75 Å². The summed E-state index contributed by atoms with van der Waals surface area (Å²) in [6.07, 6.45) is 0.454. The molecule has 1 heterocycles. The molecule has 2 amide bonds. The molecule has 9 heteroatoms. The van der Waals surface area contributed by atoms with E-state index in [4.69, 9.17) is 16.3 Å². The number of hydrogen-bond donors (Lipinski definition) is 1. The van der Waals surface area contributed by atoms with Crippen LogP contribution in [-0.2, 0) is 9.84 Å². The maximum Gasteiger partial charge on any atom is 0.322 e. The number of methoxy groups -OCH3 is 1. The molecule has 0 bridgehead atoms. The zero-order valence-corrected chi connectivity index (χ0v) is 16.2. The van der Waals surface area contributed by atoms with Gasteiger partial charge in [0.2, 0.25) is 0 Å². The van der Waals surface area contributed by atoms with Crippen LogP contribution in [0, 0.1) is 0 Å². The van der Waals surface area contributed by atoms with E-state index in [0.29, 0.717) is 36.0 Å². The van der Waals surface area contributed by atoms with Crippen LogP contribution in [0.25, 0.3) is 0 Å². The lowest BCUT2D eigenvalue weighted by Gasteiger charge is -2.29. The third kappa shape index (κ3) is 5.49. The molecule has 140 valence electrons. The first-order chi connectivity index (χ1) is 11.7. The molecule has 1 aromatic carbocycles. The van der Waals surface area contributed by atoms with Crippen LogP contribution in [0.4, 0.5) is 10.5 Å². The highest BCUT2D eigenvalue weighted by Gasteiger charge is 2.34. The zero-order chi connectivity index (χ0) is 18.6. The zero-order valence-electron chi connectivity index (χ0n) is 14.7. The van der Waals surface area contributed by atoms with Gasteiger partial charge in [-0.2, -0.15) is 0 Å². The number of rotatable bonds is 6. The Bertz CT molecular complexity index is 724. The molecule has 0 radical (unpaired) electrons. The quantitative estimate of drug-likeness (QED) is 0.804. The Kier molecular flexibility index (Phi) is 6.53. The molecule has 7 nitrogen and oxygen atoms in total. The normalized spacial score (nSPS) is 19.0. The van der Waals surface area contributed by atoms with E-state index in [1.165, 1.54) is 7.11 Å². The monoisotopic (exact) mass is 389 g/mol. The fourth-order valence-electron chi connectivity index (χ4n) is 2.74. The van der Waals surface area contributed by atoms with Crippen molar-refractivity contribution in [2.24, 2.45) is 0 Å². The third-order valence-corrected chi connectivity index (χ3v) is 6.09. The van der Waals surface area contributed by atoms with Crippen LogP contribution >= 0.6 is 11.6 Å². The fraction of sp³-hybridized carbons (Fsp3) is 0.562. The number of sulfone groups is 1. The Hall–Kier alpha value is -1.51. The molecule has 1 aliphatic heterocycles. The van der Waals surface area contributed by atoms with E-state index in [1.54, 1.807) is 23.1 Å². The van der Waals surface area contributed by atoms with Crippen molar-refractivity contribution >= 4 is 33.2 Å². The standard InChI is InChI=1S/C16H24ClN3O4S/c1-19(2)7-8-20(13-6-9-25(22,23)11-13)16(21)18-14-10-12(17)4-5-15(14)24-3/h4-5,10,13H,6-9,11H2,1-3H3,(H,18,21). The van der Waals surface area contributed by atoms with Crippen LogP contribution in [0.2, 0.25) is 5.02 Å². The highest BCUT2D eigenvalue weighted by Crippen LogP contribution is 2.28. The predicted octanol–water partition coefficient (Wildman–Crippen LogP) is 1.93. The summed E-state index contributed by atoms with van der Waals surface area (Å²) < 4.78 is 28.8. The molecule has 1 fully saturated rings. The molecule has 0 aliphatic carbocycles. The summed E-state index contributed by atoms with van der Waals surface area (Å²) in [6.45, 7) is 1.07. The molecule has 1 N–H and O–H groups in total. The maximum atomic E-state index is 12.8. The number of hydrogen-bond acceptors (Lipinski definition) is 5. The van der Waals surface area contributed by atoms with Crippen LogP contribution in [0.15, 0.2) is 18.2 Å². The fourth-order valence-corrected chi connectivity index (χ4v) is 4.65. The minimum Gasteiger partial charge on any atom is -0.495 e. The van der Waals surface area contributed by atoms with E-state index in [1.807, 2.05) is 19.0 Å². The number of likely N-dealkylation sites (N-methyl/N-ethyl adjacent to an activating group) is 1. The first-order valence-corrected chi connectivity index (χ1v) is 10.2. The van der Waals surface area contributed by atoms with Gasteiger partial charge in [0.05, 0.1) is 24.3 Å². The van der Waals surface area contributed by atoms with Gasteiger partial charge in [0.25, 0.3) is 0 Å². The Morgan fingerprint density at radius 1 is 1.36 bits per heavy atom. The summed E-state index contributed by atoms with van der Waals surface area (Å²) >= 11 is 6.00. The largest absolute Gasteiger partial charge is 0.495 e. The van der Waals surface area contributed by atoms with Crippen molar-refractivity contribution in [1.82, 2.24) is 9.80 Å². The summed E-state index contributed by atoms with van der Waals surface area (Å²) in [5.41, 5.74) is 0.454. The second-order valence-corrected chi connectivity index (χ2v) is 8.99. The second kappa shape index (κ2) is 8.25. The van der Waals surface area contributed by atoms with Gasteiger partial charge in [-0.05, 0) is 38.7 Å². The van der Waals surface area contributed by atoms with E-state index in [-0.39, 0.29) is 23.6 Å². The highest BCUT2D eigenvalue weighted by atomic mass is 35.5. The van der Waals surface area contributed by atoms with Crippen LogP contribution in [0.3, 0.4) is 0 Å². The van der Waals surface area contributed by atoms with E-state index in [0.717, 1.165) is 0 Å². The van der Waals surface area contributed by atoms with Gasteiger partial charge in [-0.3, -0.25) is 0 Å². The van der Waals surface area contributed by atoms with Gasteiger partial charge in [-0.25, -0.2) is 13.2 Å². The smallest absolute Gasteiger partial charge is 0.322 e. The van der Waals surface area contributed by atoms with Crippen LogP contribution in [0.5, 0.6) is 5.75 Å². The number of benzene rings is 1. The van der Waals surface area contributed by atoms with Crippen LogP contribution in [-0.4, -0.2) is 76.1 Å². The topological polar surface area (TPSA) is 79.0 Å². The average Bonchev–Trinajstić information content (AvgIpc) is 2.87. The van der Waals surface area contributed by atoms with Gasteiger partial charge >= 0.3 is 6.03 Å². The first kappa shape index (κ1) is 19.8. The molecule has 2 rings (SSSR count). The summed E-state index contributed by atoms with van der Waals surface area (Å²) in [7, 11) is 2.23. The SMILES string of the molecule is COc1ccc(Cl)cc1NC(=O)N(CCN(C)C)C1CCS(=O)(=O)C1. The molecule has 1 atom stereocenters. The van der Waals surface area contributed by atoms with E-state index >= 15 is 0 Å². The Balaban J connectivity index is 2.19. The molecular formula is C16H24ClN3O4S. The molecule has 0 aromatic heterocycles. The van der Waals surface area contributed by atoms with Gasteiger partial charge in [0.15, 0.2) is 9.84 Å². The molecule has 25 heavy (non-hydrogen) atoms. The minimum absolute atomic E-state index is 0.000525. The van der Waals surface area contributed by atoms with Gasteiger partial charge in [-0.1, -0.05) is 11.6 Å². The number of anilines is 1. The summed E-state index contributed by atoms with van der Waals surface area (Å²) in [5.74, 6) is 0.606. The Morgan fingerprint density at radius 3 is 2.64 bits per heavy atom. The predicted molar refractivity (Wildman–Crippen MR) is 99.3 cm³/mol. The average molecular weight is 390 g/mol. The van der Waals surface area contributed by atoms with Crippen molar-refractivity contribution in [3.05, 3.63) is 23.2 Å². The van der Waals surface area contributed by atoms with Crippen molar-refractivity contribution in [1.29, 1.82) is 0 Å². The number of urea groups is 1. The van der Waals surface area contributed by atoms with E-state index in [2.05, 4.69) is 5.32 Å². The van der Waals surface area contributed by atoms with Crippen LogP contribution < -0.4 is 10.1 Å². The molecular weight excluding hydrogens is 366 g/mol. The summed E-state index contributed by atoms with van der Waals surface area (Å²) in [5, 5.41) is 3.27. The Morgan fingerprint density at radius 2 is 2.08 bits per heavy atom. The van der Waals surface area contributed by atoms with Crippen molar-refractivity contribution in [3.63, 3.8) is 0 Å². The van der Waals surface area contributed by atoms with Crippen molar-refractivity contribution in [2.75, 3.05) is 51.1 Å². The maximum absolute atomic E-state index is 12.8. The number of halogens is 1. The van der Waals surface area contributed by atoms with Gasteiger partial charge < -0.3 is 19.9 Å². The number of carbonyl (C=O) groups excluding carboxylic acids is 1. The lowest BCUT2D eigenvalue weighted by Crippen LogP contribution is -2.46. The molecule has 1 aliphatic rings. The molecule has 1 aromatic rings. The van der Waals surface area contributed by atoms with Gasteiger partial charge in [0, 0.05) is 24.2 Å². The third-order valence-electron chi connectivity index (χ3n) is 4.10. The number of ether oxygens (including phenoxy) is 1. The number of nitrogens with one attached hydrogen (secondary N) is 1. The first-order valence-electron chi connectivity index (χ1n) is 7.98. The second-order valence-electron chi connectivity index (χ2n) is 6.33. The lowest BCUT2D eigenvalue weighted by molar-refractivity contribution is 0.186. The number of carbonyl (C=O) groups is 1. The van der Waals surface area contributed by atoms with E-state index < -0.39 is 9.84 Å². The lowest BCUT2D eigenvalue weighted by atomic mass is 10.2. The van der Waals surface area contributed by atoms with E-state index in [9.17, 15) is 13.2 Å². The molecule has 0 saturated carbocycles. The van der Waals surface area contributed by atoms with Crippen molar-refractivity contribution < 1.29 is 17.9 Å². The summed E-state index contributed by atoms with van der Waals surface area (Å²) in [6, 6.07) is 4.26. The molecule has 0 spiro atoms.